The molecule has 3 rings (SSSR count). The Morgan fingerprint density at radius 1 is 1.05 bits per heavy atom. The number of thioether (sulfide) groups is 1. The Morgan fingerprint density at radius 2 is 1.78 bits per heavy atom. The number of benzene rings is 2. The summed E-state index contributed by atoms with van der Waals surface area (Å²) in [4.78, 5) is 25.0. The second-order valence-electron chi connectivity index (χ2n) is 10.2. The number of hydrogen-bond donors (Lipinski definition) is 3. The summed E-state index contributed by atoms with van der Waals surface area (Å²) < 4.78 is 0. The molecule has 0 aliphatic heterocycles. The molecular weight excluding hydrogens is 477 g/mol. The van der Waals surface area contributed by atoms with Crippen LogP contribution in [0.2, 0.25) is 0 Å². The minimum absolute atomic E-state index is 0. The molecule has 0 heterocycles. The second-order valence-corrected chi connectivity index (χ2v) is 11.2. The molecule has 2 aromatic rings. The molecule has 198 valence electrons. The molecule has 0 spiro atoms. The van der Waals surface area contributed by atoms with Crippen molar-refractivity contribution in [3.63, 3.8) is 0 Å². The average Bonchev–Trinajstić information content (AvgIpc) is 2.89. The summed E-state index contributed by atoms with van der Waals surface area (Å²) in [6.07, 6.45) is 11.9. The van der Waals surface area contributed by atoms with Gasteiger partial charge in [0.1, 0.15) is 6.04 Å². The molecule has 1 saturated carbocycles. The van der Waals surface area contributed by atoms with E-state index in [0.717, 1.165) is 41.0 Å². The van der Waals surface area contributed by atoms with Crippen molar-refractivity contribution in [3.8, 4) is 11.1 Å². The van der Waals surface area contributed by atoms with Crippen LogP contribution in [0.25, 0.3) is 11.1 Å². The van der Waals surface area contributed by atoms with Crippen LogP contribution in [-0.4, -0.2) is 65.6 Å². The molecule has 0 bridgehead atoms. The normalized spacial score (nSPS) is 15.4. The van der Waals surface area contributed by atoms with E-state index in [1.165, 1.54) is 38.5 Å². The third kappa shape index (κ3) is 9.52. The van der Waals surface area contributed by atoms with Crippen LogP contribution in [0.4, 0.5) is 0 Å². The van der Waals surface area contributed by atoms with Gasteiger partial charge in [0.05, 0.1) is 0 Å². The van der Waals surface area contributed by atoms with E-state index in [1.807, 2.05) is 49.6 Å². The van der Waals surface area contributed by atoms with Gasteiger partial charge in [-0.3, -0.25) is 4.79 Å². The molecule has 0 radical (unpaired) electrons. The Morgan fingerprint density at radius 3 is 2.43 bits per heavy atom. The fourth-order valence-electron chi connectivity index (χ4n) is 5.28. The number of nitrogens with one attached hydrogen (secondary N) is 1. The van der Waals surface area contributed by atoms with Crippen molar-refractivity contribution in [1.29, 1.82) is 0 Å². The number of carboxylic acid groups (broad SMARTS) is 1. The van der Waals surface area contributed by atoms with E-state index in [2.05, 4.69) is 11.4 Å². The summed E-state index contributed by atoms with van der Waals surface area (Å²) in [6, 6.07) is 12.8. The number of hydrogen-bond acceptors (Lipinski definition) is 4. The predicted molar refractivity (Wildman–Crippen MR) is 156 cm³/mol. The number of amides is 1. The second kappa shape index (κ2) is 16.3. The maximum atomic E-state index is 13.3. The van der Waals surface area contributed by atoms with E-state index >= 15 is 0 Å². The molecule has 37 heavy (non-hydrogen) atoms. The van der Waals surface area contributed by atoms with Crippen LogP contribution in [0.1, 0.15) is 72.9 Å². The zero-order valence-corrected chi connectivity index (χ0v) is 22.5. The molecule has 0 saturated heterocycles. The van der Waals surface area contributed by atoms with Crippen LogP contribution in [0, 0.1) is 18.8 Å². The predicted octanol–water partition coefficient (Wildman–Crippen LogP) is 5.46. The van der Waals surface area contributed by atoms with Gasteiger partial charge >= 0.3 is 24.8 Å². The monoisotopic (exact) mass is 519 g/mol. The van der Waals surface area contributed by atoms with Crippen molar-refractivity contribution in [3.05, 3.63) is 59.2 Å². The van der Waals surface area contributed by atoms with Gasteiger partial charge < -0.3 is 15.5 Å². The number of carbonyl (C=O) groups is 2. The van der Waals surface area contributed by atoms with E-state index in [1.54, 1.807) is 11.8 Å². The molecule has 2 atom stereocenters. The van der Waals surface area contributed by atoms with Gasteiger partial charge in [0.25, 0.3) is 5.91 Å². The summed E-state index contributed by atoms with van der Waals surface area (Å²) in [5, 5.41) is 22.4. The van der Waals surface area contributed by atoms with E-state index in [9.17, 15) is 19.8 Å². The minimum atomic E-state index is -1.02. The molecule has 1 unspecified atom stereocenters. The van der Waals surface area contributed by atoms with Crippen LogP contribution in [-0.2, 0) is 11.2 Å². The van der Waals surface area contributed by atoms with Gasteiger partial charge in [-0.2, -0.15) is 11.8 Å². The van der Waals surface area contributed by atoms with Gasteiger partial charge in [-0.15, -0.1) is 0 Å². The van der Waals surface area contributed by atoms with Gasteiger partial charge in [0.15, 0.2) is 0 Å². The van der Waals surface area contributed by atoms with Crippen LogP contribution in [0.3, 0.4) is 0 Å². The SMILES string of the molecule is CSCC[C@H](NC(=O)c1ccc(CC(CO)CCC2CCCCC2)cc1-c1ccccc1C)C(=O)O.[LiH]. The molecule has 3 N–H and O–H groups in total. The molecule has 1 aliphatic rings. The fourth-order valence-corrected chi connectivity index (χ4v) is 5.75. The van der Waals surface area contributed by atoms with Crippen LogP contribution in [0.15, 0.2) is 42.5 Å². The maximum absolute atomic E-state index is 13.3. The summed E-state index contributed by atoms with van der Waals surface area (Å²) in [6.45, 7) is 2.17. The number of aryl methyl sites for hydroxylation is 1. The molecule has 7 heteroatoms. The number of aliphatic carboxylic acids is 1. The number of carboxylic acids is 1. The van der Waals surface area contributed by atoms with Crippen LogP contribution >= 0.6 is 11.8 Å². The average molecular weight is 520 g/mol. The molecule has 2 aromatic carbocycles. The first-order valence-electron chi connectivity index (χ1n) is 13.2. The van der Waals surface area contributed by atoms with Crippen molar-refractivity contribution in [2.45, 2.75) is 70.8 Å². The Labute approximate surface area is 238 Å². The van der Waals surface area contributed by atoms with Crippen molar-refractivity contribution >= 4 is 42.5 Å². The number of aliphatic hydroxyl groups is 1. The third-order valence-electron chi connectivity index (χ3n) is 7.47. The number of rotatable bonds is 13. The zero-order chi connectivity index (χ0) is 25.9. The topological polar surface area (TPSA) is 86.6 Å². The van der Waals surface area contributed by atoms with Gasteiger partial charge in [-0.25, -0.2) is 4.79 Å². The first-order chi connectivity index (χ1) is 17.4. The zero-order valence-electron chi connectivity index (χ0n) is 21.7. The Hall–Kier alpha value is -1.71. The summed E-state index contributed by atoms with van der Waals surface area (Å²) in [7, 11) is 0. The van der Waals surface area contributed by atoms with Crippen molar-refractivity contribution in [2.75, 3.05) is 18.6 Å². The molecule has 1 aliphatic carbocycles. The van der Waals surface area contributed by atoms with E-state index in [-0.39, 0.29) is 37.3 Å². The summed E-state index contributed by atoms with van der Waals surface area (Å²) in [5.41, 5.74) is 4.39. The summed E-state index contributed by atoms with van der Waals surface area (Å²) in [5.74, 6) is 0.248. The van der Waals surface area contributed by atoms with E-state index in [4.69, 9.17) is 0 Å². The first kappa shape index (κ1) is 31.5. The molecule has 1 fully saturated rings. The standard InChI is InChI=1S/C30H41NO4S.Li.H/c1-21-8-6-7-11-25(21)27-19-23(18-24(20-32)13-12-22-9-4-3-5-10-22)14-15-26(27)29(33)31-28(30(34)35)16-17-36-2;;/h6-8,11,14-15,19,22,24,28,32H,3-5,9-10,12-13,16-18,20H2,1-2H3,(H,31,33)(H,34,35);;/t24?,28-;;/m0../s1. The van der Waals surface area contributed by atoms with E-state index < -0.39 is 12.0 Å². The quantitative estimate of drug-likeness (QED) is 0.306. The van der Waals surface area contributed by atoms with Gasteiger partial charge in [0, 0.05) is 12.2 Å². The van der Waals surface area contributed by atoms with Crippen LogP contribution in [0.5, 0.6) is 0 Å². The Balaban J connectivity index is 0.00000481. The van der Waals surface area contributed by atoms with Crippen LogP contribution < -0.4 is 5.32 Å². The van der Waals surface area contributed by atoms with E-state index in [0.29, 0.717) is 17.7 Å². The Kier molecular flexibility index (Phi) is 13.9. The molecular formula is C30H42LiNO4S. The van der Waals surface area contributed by atoms with Gasteiger partial charge in [-0.05, 0) is 78.4 Å². The molecule has 0 aromatic heterocycles. The molecule has 1 amide bonds. The van der Waals surface area contributed by atoms with Crippen molar-refractivity contribution < 1.29 is 19.8 Å². The van der Waals surface area contributed by atoms with Gasteiger partial charge in [-0.1, -0.05) is 74.9 Å². The van der Waals surface area contributed by atoms with Crippen molar-refractivity contribution in [2.24, 2.45) is 11.8 Å². The third-order valence-corrected chi connectivity index (χ3v) is 8.11. The molecule has 5 nitrogen and oxygen atoms in total. The Bertz CT molecular complexity index is 1010. The van der Waals surface area contributed by atoms with Gasteiger partial charge in [0.2, 0.25) is 0 Å². The number of carbonyl (C=O) groups excluding carboxylic acids is 1. The first-order valence-corrected chi connectivity index (χ1v) is 14.6. The fraction of sp³-hybridized carbons (Fsp3) is 0.533. The van der Waals surface area contributed by atoms with Crippen molar-refractivity contribution in [1.82, 2.24) is 5.32 Å². The summed E-state index contributed by atoms with van der Waals surface area (Å²) >= 11 is 1.56. The number of aliphatic hydroxyl groups excluding tert-OH is 1.